The van der Waals surface area contributed by atoms with Crippen molar-refractivity contribution in [2.45, 2.75) is 25.4 Å². The summed E-state index contributed by atoms with van der Waals surface area (Å²) in [6.45, 7) is 4.79. The zero-order chi connectivity index (χ0) is 15.4. The highest BCUT2D eigenvalue weighted by molar-refractivity contribution is 6.33. The van der Waals surface area contributed by atoms with Gasteiger partial charge in [0.1, 0.15) is 13.1 Å². The van der Waals surface area contributed by atoms with Crippen LogP contribution in [0.4, 0.5) is 5.82 Å². The molecular weight excluding hydrogens is 304 g/mol. The van der Waals surface area contributed by atoms with Crippen molar-refractivity contribution in [1.82, 2.24) is 4.98 Å². The van der Waals surface area contributed by atoms with Gasteiger partial charge in [0.25, 0.3) is 6.02 Å². The van der Waals surface area contributed by atoms with Crippen LogP contribution in [0.5, 0.6) is 0 Å². The number of aromatic nitrogens is 1. The summed E-state index contributed by atoms with van der Waals surface area (Å²) < 4.78 is 6.26. The van der Waals surface area contributed by atoms with Crippen molar-refractivity contribution in [3.63, 3.8) is 0 Å². The number of aliphatic imine (C=N–C) groups is 1. The normalized spacial score (nSPS) is 36.3. The number of ether oxygens (including phenoxy) is 1. The summed E-state index contributed by atoms with van der Waals surface area (Å²) in [6, 6.07) is 2.31. The van der Waals surface area contributed by atoms with E-state index in [0.29, 0.717) is 35.9 Å². The van der Waals surface area contributed by atoms with Crippen LogP contribution in [0.25, 0.3) is 0 Å². The van der Waals surface area contributed by atoms with Gasteiger partial charge in [0.15, 0.2) is 18.0 Å². The number of hydrogen-bond donors (Lipinski definition) is 2. The van der Waals surface area contributed by atoms with E-state index in [4.69, 9.17) is 16.3 Å². The lowest BCUT2D eigenvalue weighted by atomic mass is 9.75. The predicted octanol–water partition coefficient (Wildman–Crippen LogP) is 2.21. The van der Waals surface area contributed by atoms with Gasteiger partial charge in [0.2, 0.25) is 0 Å². The van der Waals surface area contributed by atoms with E-state index >= 15 is 0 Å². The smallest absolute Gasteiger partial charge is 0.291 e. The van der Waals surface area contributed by atoms with Gasteiger partial charge in [0.05, 0.1) is 11.6 Å². The lowest BCUT2D eigenvalue weighted by Gasteiger charge is -2.51. The molecule has 0 unspecified atom stereocenters. The van der Waals surface area contributed by atoms with E-state index in [1.54, 1.807) is 6.20 Å². The highest BCUT2D eigenvalue weighted by Gasteiger charge is 2.59. The van der Waals surface area contributed by atoms with Crippen molar-refractivity contribution in [3.05, 3.63) is 22.8 Å². The molecule has 22 heavy (non-hydrogen) atoms. The third-order valence-corrected chi connectivity index (χ3v) is 5.38. The summed E-state index contributed by atoms with van der Waals surface area (Å²) in [5.74, 6) is 1.02. The molecule has 0 aliphatic carbocycles. The molecule has 4 aliphatic rings. The van der Waals surface area contributed by atoms with Gasteiger partial charge in [-0.3, -0.25) is 5.32 Å². The molecule has 0 radical (unpaired) electrons. The van der Waals surface area contributed by atoms with Gasteiger partial charge in [-0.25, -0.2) is 15.2 Å². The molecule has 1 aromatic rings. The Bertz CT molecular complexity index is 642. The summed E-state index contributed by atoms with van der Waals surface area (Å²) in [7, 11) is 0. The number of aryl methyl sites for hydroxylation is 1. The fraction of sp³-hybridized carbons (Fsp3) is 0.600. The van der Waals surface area contributed by atoms with Crippen LogP contribution in [0.3, 0.4) is 0 Å². The number of anilines is 1. The second-order valence-corrected chi connectivity index (χ2v) is 7.14. The van der Waals surface area contributed by atoms with Crippen LogP contribution in [-0.4, -0.2) is 52.6 Å². The first-order valence-electron chi connectivity index (χ1n) is 7.70. The van der Waals surface area contributed by atoms with Crippen LogP contribution < -0.4 is 5.32 Å². The Morgan fingerprint density at radius 1 is 1.45 bits per heavy atom. The zero-order valence-electron chi connectivity index (χ0n) is 12.5. The molecule has 2 N–H and O–H groups in total. The van der Waals surface area contributed by atoms with E-state index in [2.05, 4.69) is 15.3 Å². The zero-order valence-corrected chi connectivity index (χ0v) is 13.3. The minimum absolute atomic E-state index is 0.114. The molecule has 7 heteroatoms. The number of amidine groups is 1. The summed E-state index contributed by atoms with van der Waals surface area (Å²) in [5.41, 5.74) is 0.635. The third kappa shape index (κ3) is 2.26. The monoisotopic (exact) mass is 323 g/mol. The Morgan fingerprint density at radius 3 is 2.91 bits per heavy atom. The Labute approximate surface area is 134 Å². The summed E-state index contributed by atoms with van der Waals surface area (Å²) >= 11 is 6.19. The van der Waals surface area contributed by atoms with Crippen molar-refractivity contribution < 1.29 is 14.6 Å². The Hall–Kier alpha value is -1.37. The molecule has 3 fully saturated rings. The Kier molecular flexibility index (Phi) is 3.11. The summed E-state index contributed by atoms with van der Waals surface area (Å²) in [6.07, 6.45) is 3.73. The molecule has 6 nitrogen and oxygen atoms in total. The number of rotatable bonds is 1. The number of quaternary nitrogens is 1. The number of fused-ring (bicyclic) bond motifs is 2. The van der Waals surface area contributed by atoms with Crippen LogP contribution in [-0.2, 0) is 4.74 Å². The lowest BCUT2D eigenvalue weighted by Crippen LogP contribution is -2.69. The van der Waals surface area contributed by atoms with Gasteiger partial charge in [0, 0.05) is 25.0 Å². The van der Waals surface area contributed by atoms with E-state index < -0.39 is 0 Å². The van der Waals surface area contributed by atoms with Gasteiger partial charge >= 0.3 is 0 Å². The number of halogens is 1. The number of nitrogens with zero attached hydrogens (tertiary/aromatic N) is 3. The predicted molar refractivity (Wildman–Crippen MR) is 83.1 cm³/mol. The SMILES string of the molecule is Cc1cnc(NC2=NC[C@@]3(C[N+]4(O)CCC3CC4)O2)c(Cl)c1. The Balaban J connectivity index is 1.50. The molecule has 3 saturated heterocycles. The maximum Gasteiger partial charge on any atom is 0.291 e. The number of nitrogens with one attached hydrogen (secondary N) is 1. The van der Waals surface area contributed by atoms with Crippen molar-refractivity contribution >= 4 is 23.4 Å². The summed E-state index contributed by atoms with van der Waals surface area (Å²) in [5, 5.41) is 14.2. The number of piperidine rings is 3. The van der Waals surface area contributed by atoms with E-state index in [9.17, 15) is 5.21 Å². The molecule has 0 aromatic carbocycles. The minimum Gasteiger partial charge on any atom is -0.450 e. The van der Waals surface area contributed by atoms with E-state index in [1.165, 1.54) is 0 Å². The van der Waals surface area contributed by atoms with Crippen LogP contribution >= 0.6 is 11.6 Å². The van der Waals surface area contributed by atoms with Crippen LogP contribution in [0.2, 0.25) is 5.02 Å². The quantitative estimate of drug-likeness (QED) is 0.778. The van der Waals surface area contributed by atoms with E-state index in [0.717, 1.165) is 31.5 Å². The topological polar surface area (TPSA) is 66.7 Å². The Morgan fingerprint density at radius 2 is 2.23 bits per heavy atom. The number of pyridine rings is 1. The van der Waals surface area contributed by atoms with Gasteiger partial charge in [-0.05, 0) is 18.6 Å². The van der Waals surface area contributed by atoms with E-state index in [-0.39, 0.29) is 10.2 Å². The minimum atomic E-state index is -0.370. The molecule has 118 valence electrons. The molecule has 2 bridgehead atoms. The molecule has 0 amide bonds. The molecule has 1 spiro atoms. The maximum atomic E-state index is 10.5. The second kappa shape index (κ2) is 4.81. The van der Waals surface area contributed by atoms with E-state index in [1.807, 2.05) is 13.0 Å². The van der Waals surface area contributed by atoms with Crippen LogP contribution in [0, 0.1) is 12.8 Å². The molecule has 5 rings (SSSR count). The highest BCUT2D eigenvalue weighted by atomic mass is 35.5. The van der Waals surface area contributed by atoms with Gasteiger partial charge in [-0.2, -0.15) is 4.65 Å². The third-order valence-electron chi connectivity index (χ3n) is 5.09. The van der Waals surface area contributed by atoms with Crippen LogP contribution in [0.1, 0.15) is 18.4 Å². The molecular formula is C15H20ClN4O2+. The first kappa shape index (κ1) is 14.2. The first-order chi connectivity index (χ1) is 10.5. The molecule has 0 saturated carbocycles. The average molecular weight is 324 g/mol. The van der Waals surface area contributed by atoms with Crippen molar-refractivity contribution in [1.29, 1.82) is 0 Å². The number of hydrogen-bond acceptors (Lipinski definition) is 5. The number of hydroxylamine groups is 3. The second-order valence-electron chi connectivity index (χ2n) is 6.73. The van der Waals surface area contributed by atoms with Crippen LogP contribution in [0.15, 0.2) is 17.3 Å². The lowest BCUT2D eigenvalue weighted by molar-refractivity contribution is -1.12. The van der Waals surface area contributed by atoms with Crippen molar-refractivity contribution in [2.24, 2.45) is 10.9 Å². The molecule has 1 aromatic heterocycles. The standard InChI is InChI=1S/C15H20ClN4O2/c1-10-6-12(16)13(17-7-10)19-14-18-8-15(22-14)9-20(21)4-2-11(15)3-5-20/h6-7,11,21H,2-5,8-9H2,1H3,(H,17,18,19)/q+1/t11?,15-,20?/m0/s1. The molecule has 1 atom stereocenters. The average Bonchev–Trinajstić information content (AvgIpc) is 2.85. The highest BCUT2D eigenvalue weighted by Crippen LogP contribution is 2.43. The van der Waals surface area contributed by atoms with Gasteiger partial charge in [-0.1, -0.05) is 11.6 Å². The first-order valence-corrected chi connectivity index (χ1v) is 8.07. The fourth-order valence-corrected chi connectivity index (χ4v) is 4.18. The van der Waals surface area contributed by atoms with Crippen molar-refractivity contribution in [3.8, 4) is 0 Å². The maximum absolute atomic E-state index is 10.5. The summed E-state index contributed by atoms with van der Waals surface area (Å²) in [4.78, 5) is 8.76. The van der Waals surface area contributed by atoms with Gasteiger partial charge < -0.3 is 4.74 Å². The van der Waals surface area contributed by atoms with Crippen molar-refractivity contribution in [2.75, 3.05) is 31.5 Å². The van der Waals surface area contributed by atoms with Gasteiger partial charge in [-0.15, -0.1) is 0 Å². The molecule has 4 aliphatic heterocycles. The molecule has 5 heterocycles. The largest absolute Gasteiger partial charge is 0.450 e. The fourth-order valence-electron chi connectivity index (χ4n) is 3.91.